The molecule has 0 aliphatic carbocycles. The maximum absolute atomic E-state index is 12.8. The van der Waals surface area contributed by atoms with E-state index in [0.29, 0.717) is 31.2 Å². The summed E-state index contributed by atoms with van der Waals surface area (Å²) in [6.45, 7) is 4.06. The molecule has 7 nitrogen and oxygen atoms in total. The molecule has 2 aliphatic heterocycles. The van der Waals surface area contributed by atoms with Crippen molar-refractivity contribution < 1.29 is 14.3 Å². The van der Waals surface area contributed by atoms with Crippen LogP contribution in [0.2, 0.25) is 0 Å². The van der Waals surface area contributed by atoms with Crippen molar-refractivity contribution in [3.05, 3.63) is 30.1 Å². The zero-order valence-corrected chi connectivity index (χ0v) is 14.7. The van der Waals surface area contributed by atoms with Gasteiger partial charge in [-0.1, -0.05) is 0 Å². The summed E-state index contributed by atoms with van der Waals surface area (Å²) in [5, 5.41) is 2.74. The number of hydrogen-bond donors (Lipinski definition) is 1. The quantitative estimate of drug-likeness (QED) is 0.856. The lowest BCUT2D eigenvalue weighted by Gasteiger charge is -2.34. The van der Waals surface area contributed by atoms with Gasteiger partial charge in [0.1, 0.15) is 0 Å². The Labute approximate surface area is 148 Å². The summed E-state index contributed by atoms with van der Waals surface area (Å²) in [5.74, 6) is -0.297. The van der Waals surface area contributed by atoms with Crippen molar-refractivity contribution in [1.29, 1.82) is 0 Å². The van der Waals surface area contributed by atoms with Crippen LogP contribution in [-0.4, -0.2) is 79.1 Å². The van der Waals surface area contributed by atoms with Crippen LogP contribution in [0.4, 0.5) is 0 Å². The molecule has 3 rings (SSSR count). The van der Waals surface area contributed by atoms with Crippen LogP contribution in [0.3, 0.4) is 0 Å². The number of aromatic nitrogens is 1. The molecule has 136 valence electrons. The summed E-state index contributed by atoms with van der Waals surface area (Å²) < 4.78 is 5.46. The van der Waals surface area contributed by atoms with Crippen LogP contribution in [0, 0.1) is 5.92 Å². The summed E-state index contributed by atoms with van der Waals surface area (Å²) in [4.78, 5) is 33.3. The maximum atomic E-state index is 12.8. The van der Waals surface area contributed by atoms with Gasteiger partial charge in [-0.25, -0.2) is 0 Å². The van der Waals surface area contributed by atoms with Gasteiger partial charge in [0.15, 0.2) is 0 Å². The largest absolute Gasteiger partial charge is 0.381 e. The Balaban J connectivity index is 1.75. The molecule has 7 heteroatoms. The minimum atomic E-state index is -0.226. The van der Waals surface area contributed by atoms with Gasteiger partial charge in [0.2, 0.25) is 5.91 Å². The Morgan fingerprint density at radius 1 is 1.24 bits per heavy atom. The zero-order valence-electron chi connectivity index (χ0n) is 14.7. The van der Waals surface area contributed by atoms with Crippen LogP contribution in [0.25, 0.3) is 0 Å². The second kappa shape index (κ2) is 8.40. The number of nitrogens with one attached hydrogen (secondary N) is 1. The molecule has 2 fully saturated rings. The normalized spacial score (nSPS) is 23.1. The van der Waals surface area contributed by atoms with Crippen LogP contribution >= 0.6 is 0 Å². The van der Waals surface area contributed by atoms with Crippen LogP contribution in [0.5, 0.6) is 0 Å². The average molecular weight is 346 g/mol. The lowest BCUT2D eigenvalue weighted by atomic mass is 10.0. The molecule has 1 aromatic rings. The van der Waals surface area contributed by atoms with Crippen LogP contribution in [0.1, 0.15) is 23.2 Å². The fraction of sp³-hybridized carbons (Fsp3) is 0.611. The molecular formula is C18H26N4O3. The number of nitrogens with zero attached hydrogens (tertiary/aromatic N) is 3. The first-order valence-corrected chi connectivity index (χ1v) is 8.91. The number of amides is 2. The van der Waals surface area contributed by atoms with Crippen molar-refractivity contribution in [3.8, 4) is 0 Å². The van der Waals surface area contributed by atoms with E-state index < -0.39 is 0 Å². The van der Waals surface area contributed by atoms with Crippen molar-refractivity contribution in [2.24, 2.45) is 5.92 Å². The summed E-state index contributed by atoms with van der Waals surface area (Å²) in [5.41, 5.74) is 0.567. The molecule has 2 amide bonds. The van der Waals surface area contributed by atoms with E-state index in [0.717, 1.165) is 32.6 Å². The fourth-order valence-electron chi connectivity index (χ4n) is 3.65. The van der Waals surface area contributed by atoms with Crippen molar-refractivity contribution >= 4 is 11.8 Å². The highest BCUT2D eigenvalue weighted by Crippen LogP contribution is 2.20. The summed E-state index contributed by atoms with van der Waals surface area (Å²) in [6, 6.07) is 3.95. The predicted molar refractivity (Wildman–Crippen MR) is 93.1 cm³/mol. The molecule has 2 saturated heterocycles. The number of hydrogen-bond acceptors (Lipinski definition) is 5. The lowest BCUT2D eigenvalue weighted by Crippen LogP contribution is -2.45. The molecule has 1 unspecified atom stereocenters. The van der Waals surface area contributed by atoms with Crippen LogP contribution in [-0.2, 0) is 9.53 Å². The number of carbonyl (C=O) groups excluding carboxylic acids is 2. The van der Waals surface area contributed by atoms with Crippen molar-refractivity contribution in [3.63, 3.8) is 0 Å². The van der Waals surface area contributed by atoms with Gasteiger partial charge in [-0.2, -0.15) is 0 Å². The third kappa shape index (κ3) is 4.35. The van der Waals surface area contributed by atoms with E-state index in [1.807, 2.05) is 0 Å². The number of rotatable bonds is 3. The van der Waals surface area contributed by atoms with Gasteiger partial charge < -0.3 is 15.0 Å². The first kappa shape index (κ1) is 17.8. The molecule has 0 bridgehead atoms. The van der Waals surface area contributed by atoms with Gasteiger partial charge in [-0.3, -0.25) is 19.5 Å². The first-order valence-electron chi connectivity index (χ1n) is 8.91. The lowest BCUT2D eigenvalue weighted by molar-refractivity contribution is -0.125. The van der Waals surface area contributed by atoms with E-state index in [9.17, 15) is 9.59 Å². The Bertz CT molecular complexity index is 589. The Morgan fingerprint density at radius 3 is 2.72 bits per heavy atom. The highest BCUT2D eigenvalue weighted by Gasteiger charge is 2.33. The van der Waals surface area contributed by atoms with Gasteiger partial charge in [0.25, 0.3) is 5.91 Å². The summed E-state index contributed by atoms with van der Waals surface area (Å²) in [7, 11) is 1.65. The SMILES string of the molecule is CNC(=O)C1CN(C(=O)c2cccnc2)CCN(C2CCOCC2)C1. The minimum absolute atomic E-state index is 0.0112. The van der Waals surface area contributed by atoms with E-state index in [4.69, 9.17) is 4.74 Å². The smallest absolute Gasteiger partial charge is 0.255 e. The predicted octanol–water partition coefficient (Wildman–Crippen LogP) is 0.381. The minimum Gasteiger partial charge on any atom is -0.381 e. The van der Waals surface area contributed by atoms with E-state index >= 15 is 0 Å². The summed E-state index contributed by atoms with van der Waals surface area (Å²) in [6.07, 6.45) is 5.20. The third-order valence-electron chi connectivity index (χ3n) is 5.07. The molecular weight excluding hydrogens is 320 g/mol. The van der Waals surface area contributed by atoms with Gasteiger partial charge in [0.05, 0.1) is 11.5 Å². The fourth-order valence-corrected chi connectivity index (χ4v) is 3.65. The first-order chi connectivity index (χ1) is 12.2. The number of pyridine rings is 1. The molecule has 1 aromatic heterocycles. The van der Waals surface area contributed by atoms with Gasteiger partial charge >= 0.3 is 0 Å². The van der Waals surface area contributed by atoms with Crippen molar-refractivity contribution in [2.75, 3.05) is 46.4 Å². The van der Waals surface area contributed by atoms with Crippen LogP contribution < -0.4 is 5.32 Å². The topological polar surface area (TPSA) is 74.8 Å². The van der Waals surface area contributed by atoms with Gasteiger partial charge in [-0.15, -0.1) is 0 Å². The molecule has 25 heavy (non-hydrogen) atoms. The molecule has 2 aliphatic rings. The number of ether oxygens (including phenoxy) is 1. The molecule has 0 spiro atoms. The molecule has 1 N–H and O–H groups in total. The van der Waals surface area contributed by atoms with E-state index in [1.54, 1.807) is 36.5 Å². The van der Waals surface area contributed by atoms with Gasteiger partial charge in [-0.05, 0) is 25.0 Å². The molecule has 0 aromatic carbocycles. The van der Waals surface area contributed by atoms with Crippen LogP contribution in [0.15, 0.2) is 24.5 Å². The second-order valence-electron chi connectivity index (χ2n) is 6.64. The van der Waals surface area contributed by atoms with Crippen molar-refractivity contribution in [1.82, 2.24) is 20.1 Å². The third-order valence-corrected chi connectivity index (χ3v) is 5.07. The average Bonchev–Trinajstić information content (AvgIpc) is 2.91. The van der Waals surface area contributed by atoms with Gasteiger partial charge in [0, 0.05) is 64.9 Å². The standard InChI is InChI=1S/C18H26N4O3/c1-19-17(23)15-12-21(16-4-9-25-10-5-16)7-8-22(13-15)18(24)14-3-2-6-20-11-14/h2-3,6,11,15-16H,4-5,7-10,12-13H2,1H3,(H,19,23). The van der Waals surface area contributed by atoms with Crippen molar-refractivity contribution in [2.45, 2.75) is 18.9 Å². The monoisotopic (exact) mass is 346 g/mol. The molecule has 0 saturated carbocycles. The van der Waals surface area contributed by atoms with E-state index in [2.05, 4.69) is 15.2 Å². The van der Waals surface area contributed by atoms with E-state index in [-0.39, 0.29) is 17.7 Å². The Kier molecular flexibility index (Phi) is 5.99. The van der Waals surface area contributed by atoms with E-state index in [1.165, 1.54) is 0 Å². The molecule has 0 radical (unpaired) electrons. The molecule has 3 heterocycles. The zero-order chi connectivity index (χ0) is 17.6. The highest BCUT2D eigenvalue weighted by atomic mass is 16.5. The maximum Gasteiger partial charge on any atom is 0.255 e. The second-order valence-corrected chi connectivity index (χ2v) is 6.64. The Morgan fingerprint density at radius 2 is 2.04 bits per heavy atom. The molecule has 1 atom stereocenters. The summed E-state index contributed by atoms with van der Waals surface area (Å²) >= 11 is 0. The number of carbonyl (C=O) groups is 2. The Hall–Kier alpha value is -1.99. The highest BCUT2D eigenvalue weighted by molar-refractivity contribution is 5.94.